The molecule has 0 aliphatic carbocycles. The second-order valence-corrected chi connectivity index (χ2v) is 16.3. The Morgan fingerprint density at radius 2 is 1.73 bits per heavy atom. The van der Waals surface area contributed by atoms with Gasteiger partial charge in [-0.05, 0) is 45.4 Å². The molecule has 4 aliphatic rings. The van der Waals surface area contributed by atoms with E-state index >= 15 is 0 Å². The molecule has 238 valence electrons. The molecule has 4 aliphatic heterocycles. The maximum atomic E-state index is 13.5. The molecule has 6 atom stereocenters. The number of thioether (sulfide) groups is 2. The quantitative estimate of drug-likeness (QED) is 0.198. The summed E-state index contributed by atoms with van der Waals surface area (Å²) in [5.41, 5.74) is 4.86. The van der Waals surface area contributed by atoms with Crippen LogP contribution in [0.25, 0.3) is 0 Å². The Labute approximate surface area is 262 Å². The van der Waals surface area contributed by atoms with E-state index in [1.54, 1.807) is 53.7 Å². The summed E-state index contributed by atoms with van der Waals surface area (Å²) in [6.45, 7) is 9.83. The van der Waals surface area contributed by atoms with Gasteiger partial charge in [-0.15, -0.1) is 23.5 Å². The summed E-state index contributed by atoms with van der Waals surface area (Å²) in [6, 6.07) is 3.09. The number of fused-ring (bicyclic) bond motifs is 2. The smallest absolute Gasteiger partial charge is 0.334 e. The fourth-order valence-electron chi connectivity index (χ4n) is 6.09. The van der Waals surface area contributed by atoms with Crippen molar-refractivity contribution in [2.75, 3.05) is 6.61 Å². The zero-order valence-corrected chi connectivity index (χ0v) is 26.8. The van der Waals surface area contributed by atoms with E-state index in [0.717, 1.165) is 0 Å². The third-order valence-corrected chi connectivity index (χ3v) is 11.8. The van der Waals surface area contributed by atoms with Crippen molar-refractivity contribution in [1.82, 2.24) is 15.1 Å². The third kappa shape index (κ3) is 4.92. The van der Waals surface area contributed by atoms with Crippen LogP contribution in [0, 0.1) is 5.92 Å². The summed E-state index contributed by atoms with van der Waals surface area (Å²) in [7, 11) is 0. The molecule has 4 heterocycles. The fraction of sp³-hybridized carbons (Fsp3) is 0.586. The first kappa shape index (κ1) is 32.1. The normalized spacial score (nSPS) is 30.1. The van der Waals surface area contributed by atoms with Crippen molar-refractivity contribution in [1.29, 1.82) is 0 Å². The lowest BCUT2D eigenvalue weighted by Gasteiger charge is -2.46. The lowest BCUT2D eigenvalue weighted by atomic mass is 9.82. The number of hydrogen-bond donors (Lipinski definition) is 3. The molecule has 1 unspecified atom stereocenters. The molecule has 4 fully saturated rings. The topological polar surface area (TPSA) is 186 Å². The molecular formula is C29H36N4O9S2. The first-order valence-electron chi connectivity index (χ1n) is 14.2. The SMILES string of the molecule is CC(C)C(=O)Oc1ccc(C(N)C(=O)N[C@@H]2C(=O)N3[C@@H]2SC(C)(C)[C@@H]3C(=O)OC[C@@]2(C(=O)O)N3C(=O)C[C@H]3SC2(C)C)cc1. The number of amides is 3. The van der Waals surface area contributed by atoms with E-state index in [2.05, 4.69) is 5.32 Å². The first-order valence-corrected chi connectivity index (χ1v) is 16.0. The lowest BCUT2D eigenvalue weighted by Crippen LogP contribution is -2.72. The van der Waals surface area contributed by atoms with Gasteiger partial charge in [0, 0.05) is 4.75 Å². The summed E-state index contributed by atoms with van der Waals surface area (Å²) < 4.78 is 9.12. The molecule has 1 aromatic carbocycles. The fourth-order valence-corrected chi connectivity index (χ4v) is 9.46. The molecule has 15 heteroatoms. The van der Waals surface area contributed by atoms with Crippen LogP contribution in [0.15, 0.2) is 24.3 Å². The van der Waals surface area contributed by atoms with Crippen molar-refractivity contribution in [2.24, 2.45) is 11.7 Å². The standard InChI is InChI=1S/C29H36N4O9S2/c1-13(2)24(37)42-15-9-7-14(8-10-15)18(30)21(35)31-19-22(36)32-20(27(3,4)44-23(19)32)25(38)41-12-29(26(39)40)28(5,6)43-17-11-16(34)33(17)29/h7-10,13,17-20,23H,11-12,30H2,1-6H3,(H,31,35)(H,39,40)/t17-,18?,19-,20+,23-,29+/m1/s1. The Balaban J connectivity index is 1.24. The molecule has 13 nitrogen and oxygen atoms in total. The number of hydrogen-bond acceptors (Lipinski definition) is 11. The second-order valence-electron chi connectivity index (χ2n) is 12.7. The largest absolute Gasteiger partial charge is 0.479 e. The van der Waals surface area contributed by atoms with E-state index in [0.29, 0.717) is 11.3 Å². The van der Waals surface area contributed by atoms with Gasteiger partial charge in [-0.25, -0.2) is 9.59 Å². The number of β-lactam (4-membered cyclic amide) rings is 2. The Kier molecular flexibility index (Phi) is 7.99. The van der Waals surface area contributed by atoms with Crippen LogP contribution in [0.3, 0.4) is 0 Å². The molecule has 3 amide bonds. The van der Waals surface area contributed by atoms with Gasteiger partial charge in [0.05, 0.1) is 22.5 Å². The van der Waals surface area contributed by atoms with Crippen molar-refractivity contribution in [3.05, 3.63) is 29.8 Å². The van der Waals surface area contributed by atoms with Gasteiger partial charge in [0.1, 0.15) is 35.9 Å². The molecule has 0 radical (unpaired) electrons. The van der Waals surface area contributed by atoms with Gasteiger partial charge in [0.15, 0.2) is 5.54 Å². The molecule has 0 spiro atoms. The summed E-state index contributed by atoms with van der Waals surface area (Å²) in [6.07, 6.45) is 0.225. The molecule has 1 aromatic rings. The van der Waals surface area contributed by atoms with Crippen LogP contribution in [0.4, 0.5) is 0 Å². The van der Waals surface area contributed by atoms with Crippen LogP contribution in [0.1, 0.15) is 59.6 Å². The highest BCUT2D eigenvalue weighted by Crippen LogP contribution is 2.57. The highest BCUT2D eigenvalue weighted by molar-refractivity contribution is 8.02. The summed E-state index contributed by atoms with van der Waals surface area (Å²) in [5, 5.41) is 12.1. The van der Waals surface area contributed by atoms with Crippen LogP contribution in [0.2, 0.25) is 0 Å². The van der Waals surface area contributed by atoms with E-state index in [1.807, 2.05) is 0 Å². The van der Waals surface area contributed by atoms with Crippen LogP contribution < -0.4 is 15.8 Å². The second kappa shape index (κ2) is 10.9. The molecule has 44 heavy (non-hydrogen) atoms. The number of nitrogens with zero attached hydrogens (tertiary/aromatic N) is 2. The minimum Gasteiger partial charge on any atom is -0.479 e. The van der Waals surface area contributed by atoms with Crippen molar-refractivity contribution < 1.29 is 43.3 Å². The van der Waals surface area contributed by atoms with Gasteiger partial charge in [0.2, 0.25) is 17.7 Å². The summed E-state index contributed by atoms with van der Waals surface area (Å²) in [5.74, 6) is -3.84. The van der Waals surface area contributed by atoms with Crippen molar-refractivity contribution >= 4 is 59.2 Å². The molecule has 5 rings (SSSR count). The number of nitrogens with one attached hydrogen (secondary N) is 1. The van der Waals surface area contributed by atoms with E-state index in [-0.39, 0.29) is 23.6 Å². The molecule has 4 N–H and O–H groups in total. The Morgan fingerprint density at radius 1 is 1.09 bits per heavy atom. The number of carbonyl (C=O) groups is 6. The number of benzene rings is 1. The van der Waals surface area contributed by atoms with Gasteiger partial charge in [0.25, 0.3) is 0 Å². The zero-order chi connectivity index (χ0) is 32.5. The number of nitrogens with two attached hydrogens (primary N) is 1. The Bertz CT molecular complexity index is 1430. The predicted molar refractivity (Wildman–Crippen MR) is 160 cm³/mol. The molecule has 0 bridgehead atoms. The summed E-state index contributed by atoms with van der Waals surface area (Å²) >= 11 is 2.67. The predicted octanol–water partition coefficient (Wildman–Crippen LogP) is 1.25. The Morgan fingerprint density at radius 3 is 2.30 bits per heavy atom. The average molecular weight is 649 g/mol. The van der Waals surface area contributed by atoms with Crippen LogP contribution in [0.5, 0.6) is 5.75 Å². The van der Waals surface area contributed by atoms with Crippen molar-refractivity contribution in [2.45, 2.75) is 91.9 Å². The number of rotatable bonds is 9. The van der Waals surface area contributed by atoms with Crippen LogP contribution >= 0.6 is 23.5 Å². The van der Waals surface area contributed by atoms with Gasteiger partial charge in [-0.2, -0.15) is 0 Å². The van der Waals surface area contributed by atoms with Gasteiger partial charge in [-0.3, -0.25) is 19.2 Å². The van der Waals surface area contributed by atoms with E-state index < -0.39 is 74.9 Å². The van der Waals surface area contributed by atoms with Crippen molar-refractivity contribution in [3.63, 3.8) is 0 Å². The minimum atomic E-state index is -1.75. The zero-order valence-electron chi connectivity index (χ0n) is 25.2. The average Bonchev–Trinajstić information content (AvgIpc) is 3.30. The summed E-state index contributed by atoms with van der Waals surface area (Å²) in [4.78, 5) is 79.2. The maximum Gasteiger partial charge on any atom is 0.334 e. The number of carboxylic acids is 1. The molecule has 0 saturated carbocycles. The number of carbonyl (C=O) groups excluding carboxylic acids is 5. The van der Waals surface area contributed by atoms with E-state index in [1.165, 1.54) is 45.5 Å². The molecular weight excluding hydrogens is 612 g/mol. The molecule has 0 aromatic heterocycles. The number of aliphatic carboxylic acids is 1. The third-order valence-electron chi connectivity index (χ3n) is 8.69. The highest BCUT2D eigenvalue weighted by Gasteiger charge is 2.71. The lowest BCUT2D eigenvalue weighted by molar-refractivity contribution is -0.180. The Hall–Kier alpha value is -3.30. The monoisotopic (exact) mass is 648 g/mol. The number of carboxylic acid groups (broad SMARTS) is 1. The van der Waals surface area contributed by atoms with E-state index in [4.69, 9.17) is 15.2 Å². The number of esters is 2. The van der Waals surface area contributed by atoms with Gasteiger partial charge >= 0.3 is 17.9 Å². The van der Waals surface area contributed by atoms with Crippen LogP contribution in [-0.2, 0) is 33.5 Å². The van der Waals surface area contributed by atoms with Crippen LogP contribution in [-0.4, -0.2) is 95.0 Å². The van der Waals surface area contributed by atoms with E-state index in [9.17, 15) is 33.9 Å². The minimum absolute atomic E-state index is 0.225. The first-order chi connectivity index (χ1) is 20.4. The van der Waals surface area contributed by atoms with Crippen molar-refractivity contribution in [3.8, 4) is 5.75 Å². The highest BCUT2D eigenvalue weighted by atomic mass is 32.2. The maximum absolute atomic E-state index is 13.5. The molecule has 4 saturated heterocycles. The van der Waals surface area contributed by atoms with Gasteiger partial charge in [-0.1, -0.05) is 26.0 Å². The number of ether oxygens (including phenoxy) is 2. The van der Waals surface area contributed by atoms with Gasteiger partial charge < -0.3 is 35.4 Å².